The molecule has 8 nitrogen and oxygen atoms in total. The Morgan fingerprint density at radius 3 is 2.45 bits per heavy atom. The van der Waals surface area contributed by atoms with Crippen molar-refractivity contribution in [3.8, 4) is 11.8 Å². The number of hydrogen-bond donors (Lipinski definition) is 1. The zero-order valence-corrected chi connectivity index (χ0v) is 19.8. The first kappa shape index (κ1) is 24.1. The third kappa shape index (κ3) is 6.95. The molecule has 1 amide bonds. The number of aromatic nitrogens is 2. The average Bonchev–Trinajstić information content (AvgIpc) is 2.84. The Labute approximate surface area is 197 Å². The number of benzene rings is 2. The molecule has 33 heavy (non-hydrogen) atoms. The maximum absolute atomic E-state index is 12.3. The normalized spacial score (nSPS) is 11.8. The van der Waals surface area contributed by atoms with E-state index < -0.39 is 6.10 Å². The van der Waals surface area contributed by atoms with Gasteiger partial charge in [-0.1, -0.05) is 47.6 Å². The number of methoxy groups -OCH3 is 2. The van der Waals surface area contributed by atoms with E-state index in [0.29, 0.717) is 23.5 Å². The van der Waals surface area contributed by atoms with E-state index in [0.717, 1.165) is 21.6 Å². The van der Waals surface area contributed by atoms with Crippen LogP contribution >= 0.6 is 11.8 Å². The quantitative estimate of drug-likeness (QED) is 0.274. The standard InChI is InChI=1S/C24H26N4O4S/c1-16-9-5-6-10-18(16)14-25-23(29)17(2)32-26-15-19-11-7-8-12-20(19)33-24-27-21(30-3)13-22(28-24)31-4/h5-13,15,17H,14H2,1-4H3,(H,25,29). The van der Waals surface area contributed by atoms with Crippen molar-refractivity contribution in [2.75, 3.05) is 14.2 Å². The molecule has 0 aliphatic carbocycles. The lowest BCUT2D eigenvalue weighted by Gasteiger charge is -2.12. The molecule has 0 radical (unpaired) electrons. The molecule has 3 rings (SSSR count). The first-order valence-corrected chi connectivity index (χ1v) is 11.1. The number of carbonyl (C=O) groups is 1. The number of carbonyl (C=O) groups excluding carboxylic acids is 1. The molecule has 1 heterocycles. The highest BCUT2D eigenvalue weighted by Gasteiger charge is 2.14. The van der Waals surface area contributed by atoms with Gasteiger partial charge in [-0.15, -0.1) is 0 Å². The molecule has 0 saturated carbocycles. The highest BCUT2D eigenvalue weighted by atomic mass is 32.2. The van der Waals surface area contributed by atoms with E-state index in [9.17, 15) is 4.79 Å². The van der Waals surface area contributed by atoms with Crippen molar-refractivity contribution in [2.24, 2.45) is 5.16 Å². The second-order valence-corrected chi connectivity index (χ2v) is 8.01. The van der Waals surface area contributed by atoms with Crippen molar-refractivity contribution in [1.82, 2.24) is 15.3 Å². The molecular formula is C24H26N4O4S. The van der Waals surface area contributed by atoms with Crippen LogP contribution in [0, 0.1) is 6.92 Å². The SMILES string of the molecule is COc1cc(OC)nc(Sc2ccccc2C=NOC(C)C(=O)NCc2ccccc2C)n1. The Morgan fingerprint density at radius 2 is 1.76 bits per heavy atom. The summed E-state index contributed by atoms with van der Waals surface area (Å²) >= 11 is 1.34. The molecule has 0 saturated heterocycles. The van der Waals surface area contributed by atoms with Gasteiger partial charge >= 0.3 is 0 Å². The topological polar surface area (TPSA) is 94.9 Å². The van der Waals surface area contributed by atoms with Crippen molar-refractivity contribution < 1.29 is 19.1 Å². The number of aryl methyl sites for hydroxylation is 1. The number of oxime groups is 1. The molecule has 0 aliphatic heterocycles. The lowest BCUT2D eigenvalue weighted by Crippen LogP contribution is -2.33. The summed E-state index contributed by atoms with van der Waals surface area (Å²) in [4.78, 5) is 27.3. The molecule has 0 spiro atoms. The number of hydrogen-bond acceptors (Lipinski definition) is 8. The average molecular weight is 467 g/mol. The van der Waals surface area contributed by atoms with Crippen molar-refractivity contribution in [2.45, 2.75) is 36.5 Å². The third-order valence-corrected chi connectivity index (χ3v) is 5.65. The van der Waals surface area contributed by atoms with Crippen LogP contribution in [0.4, 0.5) is 0 Å². The zero-order valence-electron chi connectivity index (χ0n) is 18.9. The predicted molar refractivity (Wildman–Crippen MR) is 127 cm³/mol. The molecule has 1 unspecified atom stereocenters. The van der Waals surface area contributed by atoms with Gasteiger partial charge in [-0.25, -0.2) is 0 Å². The summed E-state index contributed by atoms with van der Waals surface area (Å²) in [6.45, 7) is 4.10. The van der Waals surface area contributed by atoms with Gasteiger partial charge < -0.3 is 19.6 Å². The third-order valence-electron chi connectivity index (χ3n) is 4.69. The maximum atomic E-state index is 12.3. The van der Waals surface area contributed by atoms with Gasteiger partial charge in [0, 0.05) is 17.0 Å². The molecule has 0 fully saturated rings. The van der Waals surface area contributed by atoms with Gasteiger partial charge in [0.05, 0.1) is 26.5 Å². The molecular weight excluding hydrogens is 440 g/mol. The van der Waals surface area contributed by atoms with Crippen LogP contribution in [-0.2, 0) is 16.2 Å². The van der Waals surface area contributed by atoms with Crippen LogP contribution in [-0.4, -0.2) is 42.4 Å². The van der Waals surface area contributed by atoms with Crippen LogP contribution in [0.1, 0.15) is 23.6 Å². The molecule has 2 aromatic carbocycles. The Hall–Kier alpha value is -3.59. The highest BCUT2D eigenvalue weighted by Crippen LogP contribution is 2.30. The minimum Gasteiger partial charge on any atom is -0.481 e. The second-order valence-electron chi connectivity index (χ2n) is 7.00. The number of rotatable bonds is 10. The lowest BCUT2D eigenvalue weighted by atomic mass is 10.1. The van der Waals surface area contributed by atoms with E-state index in [-0.39, 0.29) is 5.91 Å². The van der Waals surface area contributed by atoms with Crippen LogP contribution in [0.15, 0.2) is 69.8 Å². The van der Waals surface area contributed by atoms with E-state index >= 15 is 0 Å². The van der Waals surface area contributed by atoms with E-state index in [4.69, 9.17) is 14.3 Å². The summed E-state index contributed by atoms with van der Waals surface area (Å²) in [5.74, 6) is 0.573. The molecule has 9 heteroatoms. The van der Waals surface area contributed by atoms with E-state index in [2.05, 4.69) is 20.4 Å². The summed E-state index contributed by atoms with van der Waals surface area (Å²) in [6.07, 6.45) is 0.821. The van der Waals surface area contributed by atoms with Crippen LogP contribution in [0.5, 0.6) is 11.8 Å². The Bertz CT molecular complexity index is 1100. The highest BCUT2D eigenvalue weighted by molar-refractivity contribution is 7.99. The van der Waals surface area contributed by atoms with Gasteiger partial charge in [-0.05, 0) is 42.8 Å². The van der Waals surface area contributed by atoms with Crippen LogP contribution < -0.4 is 14.8 Å². The largest absolute Gasteiger partial charge is 0.481 e. The van der Waals surface area contributed by atoms with Gasteiger partial charge in [0.25, 0.3) is 5.91 Å². The van der Waals surface area contributed by atoms with Crippen molar-refractivity contribution >= 4 is 23.9 Å². The number of nitrogens with zero attached hydrogens (tertiary/aromatic N) is 3. The van der Waals surface area contributed by atoms with Crippen molar-refractivity contribution in [3.63, 3.8) is 0 Å². The molecule has 172 valence electrons. The molecule has 3 aromatic rings. The van der Waals surface area contributed by atoms with E-state index in [1.54, 1.807) is 19.2 Å². The fourth-order valence-electron chi connectivity index (χ4n) is 2.78. The summed E-state index contributed by atoms with van der Waals surface area (Å²) in [5.41, 5.74) is 2.97. The molecule has 1 aromatic heterocycles. The zero-order chi connectivity index (χ0) is 23.6. The fraction of sp³-hybridized carbons (Fsp3) is 0.250. The number of ether oxygens (including phenoxy) is 2. The van der Waals surface area contributed by atoms with E-state index in [1.165, 1.54) is 26.0 Å². The first-order valence-electron chi connectivity index (χ1n) is 10.3. The van der Waals surface area contributed by atoms with Crippen molar-refractivity contribution in [3.05, 3.63) is 71.3 Å². The van der Waals surface area contributed by atoms with Crippen molar-refractivity contribution in [1.29, 1.82) is 0 Å². The first-order chi connectivity index (χ1) is 16.0. The van der Waals surface area contributed by atoms with E-state index in [1.807, 2.05) is 55.5 Å². The molecule has 1 atom stereocenters. The molecule has 0 bridgehead atoms. The second kappa shape index (κ2) is 11.9. The number of amides is 1. The fourth-order valence-corrected chi connectivity index (χ4v) is 3.63. The van der Waals surface area contributed by atoms with Crippen LogP contribution in [0.25, 0.3) is 0 Å². The minimum absolute atomic E-state index is 0.241. The van der Waals surface area contributed by atoms with Crippen LogP contribution in [0.3, 0.4) is 0 Å². The Balaban J connectivity index is 1.61. The summed E-state index contributed by atoms with van der Waals surface area (Å²) in [5, 5.41) is 7.36. The van der Waals surface area contributed by atoms with Crippen LogP contribution in [0.2, 0.25) is 0 Å². The van der Waals surface area contributed by atoms with Gasteiger partial charge in [0.15, 0.2) is 5.16 Å². The Morgan fingerprint density at radius 1 is 1.09 bits per heavy atom. The van der Waals surface area contributed by atoms with Gasteiger partial charge in [-0.3, -0.25) is 4.79 Å². The Kier molecular flexibility index (Phi) is 8.65. The van der Waals surface area contributed by atoms with Gasteiger partial charge in [0.1, 0.15) is 0 Å². The summed E-state index contributed by atoms with van der Waals surface area (Å²) in [6, 6.07) is 17.1. The smallest absolute Gasteiger partial charge is 0.263 e. The molecule has 0 aliphatic rings. The maximum Gasteiger partial charge on any atom is 0.263 e. The predicted octanol–water partition coefficient (Wildman–Crippen LogP) is 4.01. The lowest BCUT2D eigenvalue weighted by molar-refractivity contribution is -0.131. The summed E-state index contributed by atoms with van der Waals surface area (Å²) in [7, 11) is 3.07. The monoisotopic (exact) mass is 466 g/mol. The minimum atomic E-state index is -0.740. The number of nitrogens with one attached hydrogen (secondary N) is 1. The van der Waals surface area contributed by atoms with Gasteiger partial charge in [0.2, 0.25) is 17.9 Å². The van der Waals surface area contributed by atoms with Gasteiger partial charge in [-0.2, -0.15) is 9.97 Å². The summed E-state index contributed by atoms with van der Waals surface area (Å²) < 4.78 is 10.4. The molecule has 1 N–H and O–H groups in total.